The highest BCUT2D eigenvalue weighted by Gasteiger charge is 2.31. The molecule has 0 saturated carbocycles. The molecule has 0 bridgehead atoms. The lowest BCUT2D eigenvalue weighted by atomic mass is 10.0. The van der Waals surface area contributed by atoms with Gasteiger partial charge in [-0.25, -0.2) is 0 Å². The number of rotatable bonds is 3. The largest absolute Gasteiger partial charge is 0.315 e. The minimum absolute atomic E-state index is 0.0872. The van der Waals surface area contributed by atoms with E-state index in [1.54, 1.807) is 0 Å². The molecule has 0 unspecified atom stereocenters. The first-order valence-electron chi connectivity index (χ1n) is 5.21. The van der Waals surface area contributed by atoms with E-state index in [0.29, 0.717) is 6.04 Å². The summed E-state index contributed by atoms with van der Waals surface area (Å²) < 4.78 is 0. The summed E-state index contributed by atoms with van der Waals surface area (Å²) in [4.78, 5) is 2.19. The molecular weight excluding hydrogens is 186 g/mol. The maximum atomic E-state index is 9.16. The van der Waals surface area contributed by atoms with Crippen LogP contribution < -0.4 is 5.32 Å². The van der Waals surface area contributed by atoms with E-state index >= 15 is 0 Å². The maximum absolute atomic E-state index is 9.16. The highest BCUT2D eigenvalue weighted by Crippen LogP contribution is 2.24. The monoisotopic (exact) mass is 201 g/mol. The van der Waals surface area contributed by atoms with Crippen molar-refractivity contribution in [3.63, 3.8) is 0 Å². The van der Waals surface area contributed by atoms with E-state index < -0.39 is 0 Å². The Hall–Kier alpha value is -1.37. The molecule has 0 aliphatic carbocycles. The van der Waals surface area contributed by atoms with Gasteiger partial charge in [0, 0.05) is 19.1 Å². The average molecular weight is 201 g/mol. The second-order valence-electron chi connectivity index (χ2n) is 3.88. The Balaban J connectivity index is 2.04. The molecule has 0 spiro atoms. The lowest BCUT2D eigenvalue weighted by Crippen LogP contribution is -2.57. The first-order chi connectivity index (χ1) is 7.35. The van der Waals surface area contributed by atoms with E-state index in [1.165, 1.54) is 0 Å². The summed E-state index contributed by atoms with van der Waals surface area (Å²) in [6, 6.07) is 12.8. The Kier molecular flexibility index (Phi) is 3.00. The third kappa shape index (κ3) is 2.01. The van der Waals surface area contributed by atoms with Gasteiger partial charge in [-0.2, -0.15) is 5.26 Å². The van der Waals surface area contributed by atoms with Gasteiger partial charge in [0.05, 0.1) is 6.07 Å². The topological polar surface area (TPSA) is 39.1 Å². The summed E-state index contributed by atoms with van der Waals surface area (Å²) in [7, 11) is 1.96. The molecule has 3 nitrogen and oxygen atoms in total. The van der Waals surface area contributed by atoms with E-state index in [4.69, 9.17) is 5.26 Å². The summed E-state index contributed by atoms with van der Waals surface area (Å²) in [5.41, 5.74) is 1.09. The van der Waals surface area contributed by atoms with Gasteiger partial charge in [0.25, 0.3) is 0 Å². The second kappa shape index (κ2) is 4.43. The Morgan fingerprint density at radius 3 is 2.60 bits per heavy atom. The number of benzene rings is 1. The SMILES string of the molecule is CNC1CN([C@H](C#N)c2ccccc2)C1. The van der Waals surface area contributed by atoms with E-state index in [0.717, 1.165) is 18.7 Å². The molecule has 0 amide bonds. The molecule has 78 valence electrons. The summed E-state index contributed by atoms with van der Waals surface area (Å²) in [6.07, 6.45) is 0. The van der Waals surface area contributed by atoms with Gasteiger partial charge in [0.2, 0.25) is 0 Å². The predicted octanol–water partition coefficient (Wildman–Crippen LogP) is 1.15. The number of hydrogen-bond donors (Lipinski definition) is 1. The van der Waals surface area contributed by atoms with Crippen molar-refractivity contribution in [1.82, 2.24) is 10.2 Å². The van der Waals surface area contributed by atoms with Crippen molar-refractivity contribution in [3.8, 4) is 6.07 Å². The second-order valence-corrected chi connectivity index (χ2v) is 3.88. The summed E-state index contributed by atoms with van der Waals surface area (Å²) in [5, 5.41) is 12.4. The Morgan fingerprint density at radius 2 is 2.07 bits per heavy atom. The summed E-state index contributed by atoms with van der Waals surface area (Å²) in [5.74, 6) is 0. The van der Waals surface area contributed by atoms with Gasteiger partial charge in [0.15, 0.2) is 0 Å². The van der Waals surface area contributed by atoms with Gasteiger partial charge in [-0.1, -0.05) is 30.3 Å². The Morgan fingerprint density at radius 1 is 1.40 bits per heavy atom. The highest BCUT2D eigenvalue weighted by molar-refractivity contribution is 5.25. The fraction of sp³-hybridized carbons (Fsp3) is 0.417. The molecule has 0 radical (unpaired) electrons. The van der Waals surface area contributed by atoms with Gasteiger partial charge >= 0.3 is 0 Å². The summed E-state index contributed by atoms with van der Waals surface area (Å²) in [6.45, 7) is 1.92. The van der Waals surface area contributed by atoms with Crippen LogP contribution in [0.3, 0.4) is 0 Å². The van der Waals surface area contributed by atoms with Crippen molar-refractivity contribution in [2.24, 2.45) is 0 Å². The van der Waals surface area contributed by atoms with Crippen LogP contribution in [0.1, 0.15) is 11.6 Å². The molecule has 3 heteroatoms. The van der Waals surface area contributed by atoms with Crippen LogP contribution in [0, 0.1) is 11.3 Å². The first kappa shape index (κ1) is 10.2. The minimum atomic E-state index is -0.0872. The van der Waals surface area contributed by atoms with Crippen LogP contribution in [-0.4, -0.2) is 31.1 Å². The molecule has 1 heterocycles. The highest BCUT2D eigenvalue weighted by atomic mass is 15.3. The molecule has 1 aliphatic heterocycles. The van der Waals surface area contributed by atoms with Gasteiger partial charge in [-0.3, -0.25) is 4.90 Å². The van der Waals surface area contributed by atoms with Crippen molar-refractivity contribution in [2.45, 2.75) is 12.1 Å². The quantitative estimate of drug-likeness (QED) is 0.797. The first-order valence-corrected chi connectivity index (χ1v) is 5.21. The standard InChI is InChI=1S/C12H15N3/c1-14-11-8-15(9-11)12(7-13)10-5-3-2-4-6-10/h2-6,11-12,14H,8-9H2,1H3/t12-/m1/s1. The van der Waals surface area contributed by atoms with E-state index in [2.05, 4.69) is 16.3 Å². The maximum Gasteiger partial charge on any atom is 0.123 e. The van der Waals surface area contributed by atoms with E-state index in [9.17, 15) is 0 Å². The van der Waals surface area contributed by atoms with Gasteiger partial charge < -0.3 is 5.32 Å². The number of hydrogen-bond acceptors (Lipinski definition) is 3. The third-order valence-corrected chi connectivity index (χ3v) is 2.92. The fourth-order valence-corrected chi connectivity index (χ4v) is 1.91. The van der Waals surface area contributed by atoms with Crippen LogP contribution >= 0.6 is 0 Å². The number of nitriles is 1. The average Bonchev–Trinajstić information content (AvgIpc) is 2.24. The molecule has 1 fully saturated rings. The predicted molar refractivity (Wildman–Crippen MR) is 59.2 cm³/mol. The van der Waals surface area contributed by atoms with Crippen LogP contribution in [0.25, 0.3) is 0 Å². The van der Waals surface area contributed by atoms with Crippen molar-refractivity contribution in [2.75, 3.05) is 20.1 Å². The molecule has 0 aromatic heterocycles. The molecule has 1 aromatic carbocycles. The number of nitrogens with one attached hydrogen (secondary N) is 1. The molecule has 1 saturated heterocycles. The Labute approximate surface area is 90.3 Å². The van der Waals surface area contributed by atoms with E-state index in [-0.39, 0.29) is 6.04 Å². The van der Waals surface area contributed by atoms with Crippen molar-refractivity contribution >= 4 is 0 Å². The lowest BCUT2D eigenvalue weighted by Gasteiger charge is -2.41. The van der Waals surface area contributed by atoms with Crippen molar-refractivity contribution in [1.29, 1.82) is 5.26 Å². The number of likely N-dealkylation sites (tertiary alicyclic amines) is 1. The smallest absolute Gasteiger partial charge is 0.123 e. The van der Waals surface area contributed by atoms with Gasteiger partial charge in [-0.05, 0) is 12.6 Å². The zero-order chi connectivity index (χ0) is 10.7. The Bertz CT molecular complexity index is 349. The van der Waals surface area contributed by atoms with Gasteiger partial charge in [0.1, 0.15) is 6.04 Å². The zero-order valence-corrected chi connectivity index (χ0v) is 8.85. The van der Waals surface area contributed by atoms with Crippen LogP contribution in [0.5, 0.6) is 0 Å². The minimum Gasteiger partial charge on any atom is -0.315 e. The zero-order valence-electron chi connectivity index (χ0n) is 8.85. The van der Waals surface area contributed by atoms with Gasteiger partial charge in [-0.15, -0.1) is 0 Å². The van der Waals surface area contributed by atoms with Crippen LogP contribution in [0.4, 0.5) is 0 Å². The third-order valence-electron chi connectivity index (χ3n) is 2.92. The van der Waals surface area contributed by atoms with Crippen LogP contribution in [0.2, 0.25) is 0 Å². The van der Waals surface area contributed by atoms with Crippen LogP contribution in [0.15, 0.2) is 30.3 Å². The lowest BCUT2D eigenvalue weighted by molar-refractivity contribution is 0.104. The van der Waals surface area contributed by atoms with Crippen molar-refractivity contribution < 1.29 is 0 Å². The molecule has 1 N–H and O–H groups in total. The molecule has 1 aromatic rings. The van der Waals surface area contributed by atoms with Crippen LogP contribution in [-0.2, 0) is 0 Å². The normalized spacial score (nSPS) is 19.2. The van der Waals surface area contributed by atoms with E-state index in [1.807, 2.05) is 37.4 Å². The van der Waals surface area contributed by atoms with Crippen molar-refractivity contribution in [3.05, 3.63) is 35.9 Å². The molecule has 2 rings (SSSR count). The number of likely N-dealkylation sites (N-methyl/N-ethyl adjacent to an activating group) is 1. The summed E-state index contributed by atoms with van der Waals surface area (Å²) >= 11 is 0. The number of nitrogens with zero attached hydrogens (tertiary/aromatic N) is 2. The molecule has 1 atom stereocenters. The molecule has 15 heavy (non-hydrogen) atoms. The molecule has 1 aliphatic rings. The molecular formula is C12H15N3. The fourth-order valence-electron chi connectivity index (χ4n) is 1.91.